The third kappa shape index (κ3) is 2.58. The minimum atomic E-state index is -0.157. The molecule has 0 aliphatic heterocycles. The smallest absolute Gasteiger partial charge is 0.183 e. The minimum absolute atomic E-state index is 0.157. The van der Waals surface area contributed by atoms with E-state index in [4.69, 9.17) is 11.6 Å². The monoisotopic (exact) mass is 243 g/mol. The predicted molar refractivity (Wildman–Crippen MR) is 62.4 cm³/mol. The van der Waals surface area contributed by atoms with E-state index < -0.39 is 0 Å². The highest BCUT2D eigenvalue weighted by atomic mass is 35.5. The number of halogens is 1. The molecular weight excluding hydrogens is 230 g/mol. The molecule has 0 amide bonds. The maximum atomic E-state index is 11.2. The molecule has 1 aromatic rings. The van der Waals surface area contributed by atoms with Crippen molar-refractivity contribution >= 4 is 29.2 Å². The topological polar surface area (TPSA) is 30.0 Å². The van der Waals surface area contributed by atoms with Gasteiger partial charge in [0.05, 0.1) is 5.69 Å². The Morgan fingerprint density at radius 1 is 1.47 bits per heavy atom. The maximum absolute atomic E-state index is 11.2. The van der Waals surface area contributed by atoms with Crippen LogP contribution in [0, 0.1) is 5.41 Å². The summed E-state index contributed by atoms with van der Waals surface area (Å²) in [5.41, 5.74) is 0.814. The molecule has 2 nitrogen and oxygen atoms in total. The van der Waals surface area contributed by atoms with E-state index in [1.807, 2.05) is 5.38 Å². The summed E-state index contributed by atoms with van der Waals surface area (Å²) in [6.07, 6.45) is 7.50. The van der Waals surface area contributed by atoms with Crippen LogP contribution in [-0.4, -0.2) is 11.3 Å². The number of hydrogen-bond acceptors (Lipinski definition) is 3. The standard InChI is InChI=1S/C11H14ClNOS/c12-10-13-9(7-15-10)6-11(8-14)4-2-1-3-5-11/h7-8H,1-6H2. The summed E-state index contributed by atoms with van der Waals surface area (Å²) in [6.45, 7) is 0. The van der Waals surface area contributed by atoms with Gasteiger partial charge in [0.15, 0.2) is 4.47 Å². The average molecular weight is 244 g/mol. The molecule has 82 valence electrons. The zero-order valence-electron chi connectivity index (χ0n) is 8.54. The largest absolute Gasteiger partial charge is 0.303 e. The van der Waals surface area contributed by atoms with E-state index >= 15 is 0 Å². The van der Waals surface area contributed by atoms with Crippen molar-refractivity contribution in [2.45, 2.75) is 38.5 Å². The van der Waals surface area contributed by atoms with Crippen molar-refractivity contribution in [3.8, 4) is 0 Å². The highest BCUT2D eigenvalue weighted by molar-refractivity contribution is 7.13. The van der Waals surface area contributed by atoms with Crippen molar-refractivity contribution in [1.82, 2.24) is 4.98 Å². The number of rotatable bonds is 3. The fourth-order valence-corrected chi connectivity index (χ4v) is 3.10. The summed E-state index contributed by atoms with van der Waals surface area (Å²) < 4.78 is 0.571. The normalized spacial score (nSPS) is 20.1. The minimum Gasteiger partial charge on any atom is -0.303 e. The molecule has 0 radical (unpaired) electrons. The first kappa shape index (κ1) is 11.1. The molecule has 0 spiro atoms. The zero-order valence-corrected chi connectivity index (χ0v) is 10.1. The molecule has 1 aromatic heterocycles. The van der Waals surface area contributed by atoms with Crippen molar-refractivity contribution in [2.75, 3.05) is 0 Å². The van der Waals surface area contributed by atoms with Crippen molar-refractivity contribution in [3.63, 3.8) is 0 Å². The van der Waals surface area contributed by atoms with E-state index in [1.54, 1.807) is 0 Å². The third-order valence-electron chi connectivity index (χ3n) is 3.16. The van der Waals surface area contributed by atoms with Gasteiger partial charge in [0.25, 0.3) is 0 Å². The summed E-state index contributed by atoms with van der Waals surface area (Å²) in [5, 5.41) is 1.96. The average Bonchev–Trinajstić information content (AvgIpc) is 2.65. The highest BCUT2D eigenvalue weighted by Crippen LogP contribution is 2.37. The van der Waals surface area contributed by atoms with Gasteiger partial charge >= 0.3 is 0 Å². The summed E-state index contributed by atoms with van der Waals surface area (Å²) in [6, 6.07) is 0. The molecule has 1 heterocycles. The molecule has 0 unspecified atom stereocenters. The lowest BCUT2D eigenvalue weighted by Gasteiger charge is -2.31. The molecule has 1 saturated carbocycles. The van der Waals surface area contributed by atoms with Gasteiger partial charge in [-0.1, -0.05) is 30.9 Å². The van der Waals surface area contributed by atoms with Crippen molar-refractivity contribution in [3.05, 3.63) is 15.5 Å². The first-order valence-electron chi connectivity index (χ1n) is 5.30. The van der Waals surface area contributed by atoms with E-state index in [1.165, 1.54) is 17.8 Å². The second-order valence-corrected chi connectivity index (χ2v) is 5.75. The molecular formula is C11H14ClNOS. The van der Waals surface area contributed by atoms with Gasteiger partial charge in [0, 0.05) is 17.2 Å². The number of hydrogen-bond donors (Lipinski definition) is 0. The van der Waals surface area contributed by atoms with Crippen LogP contribution >= 0.6 is 22.9 Å². The summed E-state index contributed by atoms with van der Waals surface area (Å²) in [4.78, 5) is 15.5. The van der Waals surface area contributed by atoms with Crippen LogP contribution in [0.3, 0.4) is 0 Å². The van der Waals surface area contributed by atoms with Gasteiger partial charge < -0.3 is 4.79 Å². The first-order valence-corrected chi connectivity index (χ1v) is 6.56. The molecule has 0 bridgehead atoms. The molecule has 0 aromatic carbocycles. The lowest BCUT2D eigenvalue weighted by molar-refractivity contribution is -0.117. The van der Waals surface area contributed by atoms with Crippen molar-refractivity contribution < 1.29 is 4.79 Å². The number of aldehydes is 1. The molecule has 1 fully saturated rings. The Balaban J connectivity index is 2.10. The third-order valence-corrected chi connectivity index (χ3v) is 4.18. The molecule has 1 aliphatic carbocycles. The van der Waals surface area contributed by atoms with Gasteiger partial charge in [-0.15, -0.1) is 11.3 Å². The molecule has 4 heteroatoms. The summed E-state index contributed by atoms with van der Waals surface area (Å²) in [5.74, 6) is 0. The van der Waals surface area contributed by atoms with E-state index in [9.17, 15) is 4.79 Å². The van der Waals surface area contributed by atoms with Crippen LogP contribution in [0.2, 0.25) is 4.47 Å². The van der Waals surface area contributed by atoms with E-state index in [0.717, 1.165) is 44.1 Å². The first-order chi connectivity index (χ1) is 7.24. The van der Waals surface area contributed by atoms with Crippen LogP contribution in [-0.2, 0) is 11.2 Å². The van der Waals surface area contributed by atoms with Crippen molar-refractivity contribution in [1.29, 1.82) is 0 Å². The van der Waals surface area contributed by atoms with Crippen LogP contribution in [0.15, 0.2) is 5.38 Å². The molecule has 15 heavy (non-hydrogen) atoms. The van der Waals surface area contributed by atoms with Gasteiger partial charge in [-0.2, -0.15) is 0 Å². The number of carbonyl (C=O) groups excluding carboxylic acids is 1. The molecule has 0 N–H and O–H groups in total. The number of thiazole rings is 1. The molecule has 0 saturated heterocycles. The number of carbonyl (C=O) groups is 1. The predicted octanol–water partition coefficient (Wildman–Crippen LogP) is 3.49. The lowest BCUT2D eigenvalue weighted by Crippen LogP contribution is -2.28. The van der Waals surface area contributed by atoms with Gasteiger partial charge in [0.1, 0.15) is 6.29 Å². The van der Waals surface area contributed by atoms with Crippen LogP contribution in [0.5, 0.6) is 0 Å². The van der Waals surface area contributed by atoms with Crippen LogP contribution < -0.4 is 0 Å². The number of aromatic nitrogens is 1. The zero-order chi connectivity index (χ0) is 10.7. The second-order valence-electron chi connectivity index (χ2n) is 4.31. The highest BCUT2D eigenvalue weighted by Gasteiger charge is 2.32. The SMILES string of the molecule is O=CC1(Cc2csc(Cl)n2)CCCCC1. The van der Waals surface area contributed by atoms with Gasteiger partial charge in [-0.05, 0) is 12.8 Å². The van der Waals surface area contributed by atoms with Crippen LogP contribution in [0.1, 0.15) is 37.8 Å². The van der Waals surface area contributed by atoms with Crippen LogP contribution in [0.25, 0.3) is 0 Å². The maximum Gasteiger partial charge on any atom is 0.183 e. The Bertz CT molecular complexity index is 344. The van der Waals surface area contributed by atoms with E-state index in [2.05, 4.69) is 4.98 Å². The molecule has 1 aliphatic rings. The quantitative estimate of drug-likeness (QED) is 0.761. The molecule has 0 atom stereocenters. The second kappa shape index (κ2) is 4.62. The Morgan fingerprint density at radius 3 is 2.73 bits per heavy atom. The molecule has 2 rings (SSSR count). The van der Waals surface area contributed by atoms with E-state index in [-0.39, 0.29) is 5.41 Å². The number of nitrogens with zero attached hydrogens (tertiary/aromatic N) is 1. The summed E-state index contributed by atoms with van der Waals surface area (Å²) >= 11 is 7.23. The van der Waals surface area contributed by atoms with Gasteiger partial charge in [0.2, 0.25) is 0 Å². The van der Waals surface area contributed by atoms with Gasteiger partial charge in [-0.25, -0.2) is 4.98 Å². The Labute approximate surface area is 98.7 Å². The summed E-state index contributed by atoms with van der Waals surface area (Å²) in [7, 11) is 0. The van der Waals surface area contributed by atoms with Crippen LogP contribution in [0.4, 0.5) is 0 Å². The Hall–Kier alpha value is -0.410. The Morgan fingerprint density at radius 2 is 2.20 bits per heavy atom. The fraction of sp³-hybridized carbons (Fsp3) is 0.636. The Kier molecular flexibility index (Phi) is 3.42. The van der Waals surface area contributed by atoms with Gasteiger partial charge in [-0.3, -0.25) is 0 Å². The lowest BCUT2D eigenvalue weighted by atomic mass is 9.72. The fourth-order valence-electron chi connectivity index (χ4n) is 2.32. The van der Waals surface area contributed by atoms with E-state index in [0.29, 0.717) is 4.47 Å². The van der Waals surface area contributed by atoms with Crippen molar-refractivity contribution in [2.24, 2.45) is 5.41 Å².